The van der Waals surface area contributed by atoms with Gasteiger partial charge >= 0.3 is 0 Å². The van der Waals surface area contributed by atoms with E-state index in [9.17, 15) is 0 Å². The molecule has 0 saturated heterocycles. The van der Waals surface area contributed by atoms with Gasteiger partial charge in [0.15, 0.2) is 0 Å². The fourth-order valence-electron chi connectivity index (χ4n) is 5.99. The normalized spacial score (nSPS) is 12.4. The van der Waals surface area contributed by atoms with Gasteiger partial charge in [0.1, 0.15) is 0 Å². The van der Waals surface area contributed by atoms with Crippen LogP contribution < -0.4 is 0 Å². The predicted octanol–water partition coefficient (Wildman–Crippen LogP) is 9.22. The number of rotatable bonds is 4. The zero-order valence-corrected chi connectivity index (χ0v) is 20.8. The number of hydrogen-bond acceptors (Lipinski definition) is 0. The van der Waals surface area contributed by atoms with Crippen molar-refractivity contribution in [2.24, 2.45) is 5.92 Å². The second-order valence-electron chi connectivity index (χ2n) is 10.6. The van der Waals surface area contributed by atoms with Crippen molar-refractivity contribution in [3.8, 4) is 27.9 Å². The van der Waals surface area contributed by atoms with Crippen molar-refractivity contribution in [1.29, 1.82) is 0 Å². The third-order valence-corrected chi connectivity index (χ3v) is 7.64. The fraction of sp³-hybridized carbons (Fsp3) is 0.143. The van der Waals surface area contributed by atoms with Crippen LogP contribution in [0, 0.1) is 5.92 Å². The van der Waals surface area contributed by atoms with E-state index in [-0.39, 0.29) is 0 Å². The molecular formula is C35H29N. The Hall–Kier alpha value is -4.10. The number of benzene rings is 5. The van der Waals surface area contributed by atoms with Crippen LogP contribution in [-0.2, 0) is 12.8 Å². The number of nitrogens with zero attached hydrogens (tertiary/aromatic N) is 1. The van der Waals surface area contributed by atoms with Crippen LogP contribution in [-0.4, -0.2) is 4.57 Å². The lowest BCUT2D eigenvalue weighted by Gasteiger charge is -2.11. The van der Waals surface area contributed by atoms with Gasteiger partial charge in [0.05, 0.1) is 11.0 Å². The molecule has 1 aromatic heterocycles. The zero-order valence-electron chi connectivity index (χ0n) is 20.8. The first-order valence-corrected chi connectivity index (χ1v) is 13.0. The lowest BCUT2D eigenvalue weighted by Crippen LogP contribution is -1.97. The standard InChI is InChI=1S/C35H29N/c1-23(2)19-24-11-16-29(17-12-24)36-34-10-6-5-9-31(34)33-22-26(15-18-35(33)36)25-13-14-28-20-27-7-3-4-8-30(27)32(28)21-25/h3-18,21-23H,19-20H2,1-2H3. The number of para-hydroxylation sites is 1. The van der Waals surface area contributed by atoms with Gasteiger partial charge in [0.2, 0.25) is 0 Å². The van der Waals surface area contributed by atoms with Crippen molar-refractivity contribution < 1.29 is 0 Å². The number of hydrogen-bond donors (Lipinski definition) is 0. The molecule has 1 heterocycles. The van der Waals surface area contributed by atoms with Gasteiger partial charge in [-0.15, -0.1) is 0 Å². The average Bonchev–Trinajstić information content (AvgIpc) is 3.44. The summed E-state index contributed by atoms with van der Waals surface area (Å²) in [5.74, 6) is 0.662. The quantitative estimate of drug-likeness (QED) is 0.245. The van der Waals surface area contributed by atoms with Crippen LogP contribution in [0.2, 0.25) is 0 Å². The van der Waals surface area contributed by atoms with Gasteiger partial charge in [-0.25, -0.2) is 0 Å². The maximum Gasteiger partial charge on any atom is 0.0541 e. The molecule has 1 aliphatic rings. The van der Waals surface area contributed by atoms with Crippen molar-refractivity contribution in [3.63, 3.8) is 0 Å². The van der Waals surface area contributed by atoms with Gasteiger partial charge in [-0.2, -0.15) is 0 Å². The molecule has 0 saturated carbocycles. The first-order valence-electron chi connectivity index (χ1n) is 13.0. The zero-order chi connectivity index (χ0) is 24.2. The van der Waals surface area contributed by atoms with Crippen molar-refractivity contribution in [1.82, 2.24) is 4.57 Å². The van der Waals surface area contributed by atoms with Crippen molar-refractivity contribution in [2.75, 3.05) is 0 Å². The maximum absolute atomic E-state index is 2.41. The molecule has 1 aliphatic carbocycles. The summed E-state index contributed by atoms with van der Waals surface area (Å²) in [5.41, 5.74) is 13.3. The molecule has 174 valence electrons. The Morgan fingerprint density at radius 2 is 1.31 bits per heavy atom. The summed E-state index contributed by atoms with van der Waals surface area (Å²) < 4.78 is 2.41. The molecule has 5 aromatic carbocycles. The van der Waals surface area contributed by atoms with E-state index in [1.165, 1.54) is 66.4 Å². The van der Waals surface area contributed by atoms with E-state index in [1.807, 2.05) is 0 Å². The molecule has 6 aromatic rings. The Morgan fingerprint density at radius 1 is 0.611 bits per heavy atom. The molecule has 0 unspecified atom stereocenters. The Labute approximate surface area is 212 Å². The van der Waals surface area contributed by atoms with Crippen LogP contribution in [0.25, 0.3) is 49.7 Å². The third kappa shape index (κ3) is 3.38. The van der Waals surface area contributed by atoms with Gasteiger partial charge in [0.25, 0.3) is 0 Å². The summed E-state index contributed by atoms with van der Waals surface area (Å²) in [5, 5.41) is 2.60. The first kappa shape index (κ1) is 21.2. The molecule has 0 radical (unpaired) electrons. The Balaban J connectivity index is 1.37. The van der Waals surface area contributed by atoms with E-state index < -0.39 is 0 Å². The Bertz CT molecular complexity index is 1750. The molecule has 1 nitrogen and oxygen atoms in total. The maximum atomic E-state index is 2.41. The SMILES string of the molecule is CC(C)Cc1ccc(-n2c3ccccc3c3cc(-c4ccc5c(c4)-c4ccccc4C5)ccc32)cc1. The topological polar surface area (TPSA) is 4.93 Å². The molecular weight excluding hydrogens is 434 g/mol. The van der Waals surface area contributed by atoms with Crippen LogP contribution in [0.3, 0.4) is 0 Å². The van der Waals surface area contributed by atoms with Crippen LogP contribution >= 0.6 is 0 Å². The van der Waals surface area contributed by atoms with Gasteiger partial charge in [-0.1, -0.05) is 86.6 Å². The van der Waals surface area contributed by atoms with E-state index in [0.717, 1.165) is 12.8 Å². The smallest absolute Gasteiger partial charge is 0.0541 e. The Morgan fingerprint density at radius 3 is 2.17 bits per heavy atom. The predicted molar refractivity (Wildman–Crippen MR) is 153 cm³/mol. The molecule has 0 fully saturated rings. The van der Waals surface area contributed by atoms with Crippen molar-refractivity contribution in [2.45, 2.75) is 26.7 Å². The van der Waals surface area contributed by atoms with Gasteiger partial charge in [-0.3, -0.25) is 0 Å². The molecule has 0 amide bonds. The highest BCUT2D eigenvalue weighted by molar-refractivity contribution is 6.10. The summed E-state index contributed by atoms with van der Waals surface area (Å²) in [6.45, 7) is 4.55. The first-order chi connectivity index (χ1) is 17.7. The molecule has 0 bridgehead atoms. The van der Waals surface area contributed by atoms with E-state index in [1.54, 1.807) is 0 Å². The highest BCUT2D eigenvalue weighted by atomic mass is 15.0. The fourth-order valence-corrected chi connectivity index (χ4v) is 5.99. The molecule has 0 atom stereocenters. The summed E-state index contributed by atoms with van der Waals surface area (Å²) in [4.78, 5) is 0. The lowest BCUT2D eigenvalue weighted by molar-refractivity contribution is 0.647. The summed E-state index contributed by atoms with van der Waals surface area (Å²) >= 11 is 0. The second-order valence-corrected chi connectivity index (χ2v) is 10.6. The van der Waals surface area contributed by atoms with E-state index in [4.69, 9.17) is 0 Å². The number of fused-ring (bicyclic) bond motifs is 6. The summed E-state index contributed by atoms with van der Waals surface area (Å²) in [6.07, 6.45) is 2.15. The van der Waals surface area contributed by atoms with Gasteiger partial charge in [-0.05, 0) is 94.1 Å². The lowest BCUT2D eigenvalue weighted by atomic mass is 9.97. The molecule has 7 rings (SSSR count). The molecule has 36 heavy (non-hydrogen) atoms. The highest BCUT2D eigenvalue weighted by Gasteiger charge is 2.19. The van der Waals surface area contributed by atoms with Crippen molar-refractivity contribution in [3.05, 3.63) is 126 Å². The van der Waals surface area contributed by atoms with Crippen LogP contribution in [0.4, 0.5) is 0 Å². The van der Waals surface area contributed by atoms with Crippen molar-refractivity contribution >= 4 is 21.8 Å². The van der Waals surface area contributed by atoms with Crippen LogP contribution in [0.5, 0.6) is 0 Å². The molecule has 0 aliphatic heterocycles. The minimum absolute atomic E-state index is 0.662. The van der Waals surface area contributed by atoms with E-state index >= 15 is 0 Å². The van der Waals surface area contributed by atoms with Gasteiger partial charge in [0, 0.05) is 16.5 Å². The highest BCUT2D eigenvalue weighted by Crippen LogP contribution is 2.40. The second kappa shape index (κ2) is 8.24. The molecule has 1 heteroatoms. The van der Waals surface area contributed by atoms with E-state index in [0.29, 0.717) is 5.92 Å². The van der Waals surface area contributed by atoms with E-state index in [2.05, 4.69) is 128 Å². The average molecular weight is 464 g/mol. The third-order valence-electron chi connectivity index (χ3n) is 7.64. The number of aromatic nitrogens is 1. The molecule has 0 N–H and O–H groups in total. The minimum Gasteiger partial charge on any atom is -0.309 e. The Kier molecular flexibility index (Phi) is 4.85. The monoisotopic (exact) mass is 463 g/mol. The minimum atomic E-state index is 0.662. The summed E-state index contributed by atoms with van der Waals surface area (Å²) in [7, 11) is 0. The van der Waals surface area contributed by atoms with Crippen LogP contribution in [0.1, 0.15) is 30.5 Å². The molecule has 0 spiro atoms. The largest absolute Gasteiger partial charge is 0.309 e. The van der Waals surface area contributed by atoms with Crippen LogP contribution in [0.15, 0.2) is 109 Å². The summed E-state index contributed by atoms with van der Waals surface area (Å²) in [6, 6.07) is 40.7. The van der Waals surface area contributed by atoms with Gasteiger partial charge < -0.3 is 4.57 Å².